The average molecular weight is 218 g/mol. The summed E-state index contributed by atoms with van der Waals surface area (Å²) in [5.41, 5.74) is 2.63. The Labute approximate surface area is 94.4 Å². The van der Waals surface area contributed by atoms with Crippen LogP contribution in [0.2, 0.25) is 0 Å². The minimum Gasteiger partial charge on any atom is -0.450 e. The largest absolute Gasteiger partial charge is 0.450 e. The molecule has 2 rings (SSSR count). The van der Waals surface area contributed by atoms with Gasteiger partial charge in [0.25, 0.3) is 0 Å². The summed E-state index contributed by atoms with van der Waals surface area (Å²) in [4.78, 5) is 22.9. The molecule has 0 fully saturated rings. The second-order valence-corrected chi connectivity index (χ2v) is 4.05. The van der Waals surface area contributed by atoms with E-state index in [0.29, 0.717) is 12.0 Å². The summed E-state index contributed by atoms with van der Waals surface area (Å²) >= 11 is 0. The number of aryl methyl sites for hydroxylation is 1. The molecule has 1 aliphatic rings. The zero-order valence-corrected chi connectivity index (χ0v) is 9.45. The molecule has 84 valence electrons. The zero-order chi connectivity index (χ0) is 11.7. The number of hydrogen-bond donors (Lipinski definition) is 0. The minimum atomic E-state index is -0.604. The van der Waals surface area contributed by atoms with E-state index in [1.807, 2.05) is 25.1 Å². The Bertz CT molecular complexity index is 448. The SMILES string of the molecule is CCc1ccc2c(c1)C(=O)OC(C(C)=O)C2. The number of esters is 1. The van der Waals surface area contributed by atoms with E-state index in [2.05, 4.69) is 0 Å². The van der Waals surface area contributed by atoms with Gasteiger partial charge in [-0.2, -0.15) is 0 Å². The molecule has 1 aliphatic heterocycles. The second-order valence-electron chi connectivity index (χ2n) is 4.05. The standard InChI is InChI=1S/C13H14O3/c1-3-9-4-5-10-7-12(8(2)14)16-13(15)11(10)6-9/h4-6,12H,3,7H2,1-2H3. The highest BCUT2D eigenvalue weighted by atomic mass is 16.5. The van der Waals surface area contributed by atoms with Crippen LogP contribution in [0, 0.1) is 0 Å². The van der Waals surface area contributed by atoms with Crippen LogP contribution in [0.4, 0.5) is 0 Å². The normalized spacial score (nSPS) is 18.9. The first-order valence-electron chi connectivity index (χ1n) is 5.45. The predicted molar refractivity (Wildman–Crippen MR) is 59.4 cm³/mol. The minimum absolute atomic E-state index is 0.0985. The zero-order valence-electron chi connectivity index (χ0n) is 9.45. The van der Waals surface area contributed by atoms with Gasteiger partial charge in [0.05, 0.1) is 5.56 Å². The lowest BCUT2D eigenvalue weighted by Gasteiger charge is -2.23. The summed E-state index contributed by atoms with van der Waals surface area (Å²) in [7, 11) is 0. The fourth-order valence-electron chi connectivity index (χ4n) is 1.87. The number of Topliss-reactive ketones (excluding diaryl/α,β-unsaturated/α-hetero) is 1. The van der Waals surface area contributed by atoms with Crippen LogP contribution in [0.3, 0.4) is 0 Å². The van der Waals surface area contributed by atoms with E-state index in [0.717, 1.165) is 17.5 Å². The molecule has 0 aromatic heterocycles. The van der Waals surface area contributed by atoms with E-state index in [1.165, 1.54) is 6.92 Å². The lowest BCUT2D eigenvalue weighted by Crippen LogP contribution is -2.32. The predicted octanol–water partition coefficient (Wildman–Crippen LogP) is 1.92. The molecule has 0 saturated carbocycles. The highest BCUT2D eigenvalue weighted by Crippen LogP contribution is 2.22. The average Bonchev–Trinajstić information content (AvgIpc) is 2.28. The van der Waals surface area contributed by atoms with Crippen molar-refractivity contribution >= 4 is 11.8 Å². The van der Waals surface area contributed by atoms with Gasteiger partial charge in [-0.25, -0.2) is 4.79 Å². The molecule has 1 unspecified atom stereocenters. The molecule has 0 bridgehead atoms. The van der Waals surface area contributed by atoms with Crippen molar-refractivity contribution in [2.75, 3.05) is 0 Å². The topological polar surface area (TPSA) is 43.4 Å². The number of rotatable bonds is 2. The summed E-state index contributed by atoms with van der Waals surface area (Å²) in [6.07, 6.45) is 0.782. The Morgan fingerprint density at radius 1 is 1.50 bits per heavy atom. The van der Waals surface area contributed by atoms with Crippen molar-refractivity contribution < 1.29 is 14.3 Å². The summed E-state index contributed by atoms with van der Waals surface area (Å²) in [6, 6.07) is 5.77. The summed E-state index contributed by atoms with van der Waals surface area (Å²) in [6.45, 7) is 3.48. The maximum atomic E-state index is 11.7. The first-order chi connectivity index (χ1) is 7.61. The smallest absolute Gasteiger partial charge is 0.339 e. The van der Waals surface area contributed by atoms with Crippen molar-refractivity contribution in [3.8, 4) is 0 Å². The third-order valence-corrected chi connectivity index (χ3v) is 2.91. The Balaban J connectivity index is 2.38. The van der Waals surface area contributed by atoms with Crippen LogP contribution in [0.5, 0.6) is 0 Å². The van der Waals surface area contributed by atoms with E-state index in [-0.39, 0.29) is 11.8 Å². The van der Waals surface area contributed by atoms with Gasteiger partial charge in [-0.15, -0.1) is 0 Å². The molecule has 0 spiro atoms. The Hall–Kier alpha value is -1.64. The molecule has 16 heavy (non-hydrogen) atoms. The van der Waals surface area contributed by atoms with Gasteiger partial charge in [0, 0.05) is 6.42 Å². The molecule has 0 aliphatic carbocycles. The lowest BCUT2D eigenvalue weighted by atomic mass is 9.95. The number of carbonyl (C=O) groups is 2. The van der Waals surface area contributed by atoms with Crippen LogP contribution in [0.25, 0.3) is 0 Å². The van der Waals surface area contributed by atoms with Crippen molar-refractivity contribution in [3.05, 3.63) is 34.9 Å². The first-order valence-corrected chi connectivity index (χ1v) is 5.45. The highest BCUT2D eigenvalue weighted by Gasteiger charge is 2.28. The van der Waals surface area contributed by atoms with Gasteiger partial charge in [-0.3, -0.25) is 4.79 Å². The molecule has 1 heterocycles. The molecule has 1 aromatic rings. The number of cyclic esters (lactones) is 1. The van der Waals surface area contributed by atoms with Crippen LogP contribution in [0.15, 0.2) is 18.2 Å². The van der Waals surface area contributed by atoms with Gasteiger partial charge < -0.3 is 4.74 Å². The third kappa shape index (κ3) is 1.85. The summed E-state index contributed by atoms with van der Waals surface area (Å²) < 4.78 is 5.09. The highest BCUT2D eigenvalue weighted by molar-refractivity contribution is 5.95. The van der Waals surface area contributed by atoms with E-state index < -0.39 is 6.10 Å². The van der Waals surface area contributed by atoms with Gasteiger partial charge >= 0.3 is 5.97 Å². The second kappa shape index (κ2) is 4.08. The van der Waals surface area contributed by atoms with Crippen molar-refractivity contribution in [2.45, 2.75) is 32.8 Å². The van der Waals surface area contributed by atoms with Crippen molar-refractivity contribution in [1.82, 2.24) is 0 Å². The molecule has 3 heteroatoms. The third-order valence-electron chi connectivity index (χ3n) is 2.91. The summed E-state index contributed by atoms with van der Waals surface area (Å²) in [5, 5.41) is 0. The van der Waals surface area contributed by atoms with Crippen molar-refractivity contribution in [2.24, 2.45) is 0 Å². The fraction of sp³-hybridized carbons (Fsp3) is 0.385. The monoisotopic (exact) mass is 218 g/mol. The van der Waals surface area contributed by atoms with Crippen LogP contribution < -0.4 is 0 Å². The van der Waals surface area contributed by atoms with Gasteiger partial charge in [-0.05, 0) is 30.5 Å². The van der Waals surface area contributed by atoms with E-state index in [9.17, 15) is 9.59 Å². The van der Waals surface area contributed by atoms with Gasteiger partial charge in [-0.1, -0.05) is 19.1 Å². The molecule has 0 N–H and O–H groups in total. The lowest BCUT2D eigenvalue weighted by molar-refractivity contribution is -0.125. The van der Waals surface area contributed by atoms with E-state index in [1.54, 1.807) is 0 Å². The van der Waals surface area contributed by atoms with Gasteiger partial charge in [0.15, 0.2) is 11.9 Å². The molecule has 0 saturated heterocycles. The van der Waals surface area contributed by atoms with Crippen LogP contribution in [-0.2, 0) is 22.4 Å². The van der Waals surface area contributed by atoms with Crippen LogP contribution >= 0.6 is 0 Å². The molecular weight excluding hydrogens is 204 g/mol. The Morgan fingerprint density at radius 2 is 2.25 bits per heavy atom. The molecule has 0 amide bonds. The number of carbonyl (C=O) groups excluding carboxylic acids is 2. The Morgan fingerprint density at radius 3 is 2.88 bits per heavy atom. The number of hydrogen-bond acceptors (Lipinski definition) is 3. The Kier molecular flexibility index (Phi) is 2.77. The van der Waals surface area contributed by atoms with E-state index in [4.69, 9.17) is 4.74 Å². The van der Waals surface area contributed by atoms with Gasteiger partial charge in [0.2, 0.25) is 0 Å². The van der Waals surface area contributed by atoms with Gasteiger partial charge in [0.1, 0.15) is 0 Å². The molecule has 3 nitrogen and oxygen atoms in total. The van der Waals surface area contributed by atoms with Crippen LogP contribution in [-0.4, -0.2) is 17.9 Å². The molecule has 0 radical (unpaired) electrons. The van der Waals surface area contributed by atoms with Crippen LogP contribution in [0.1, 0.15) is 35.3 Å². The number of ether oxygens (including phenoxy) is 1. The maximum absolute atomic E-state index is 11.7. The quantitative estimate of drug-likeness (QED) is 0.712. The first kappa shape index (κ1) is 10.9. The maximum Gasteiger partial charge on any atom is 0.339 e. The summed E-state index contributed by atoms with van der Waals surface area (Å²) in [5.74, 6) is -0.477. The molecule has 1 aromatic carbocycles. The number of fused-ring (bicyclic) bond motifs is 1. The number of ketones is 1. The van der Waals surface area contributed by atoms with Crippen molar-refractivity contribution in [3.63, 3.8) is 0 Å². The fourth-order valence-corrected chi connectivity index (χ4v) is 1.87. The van der Waals surface area contributed by atoms with E-state index >= 15 is 0 Å². The molecule has 1 atom stereocenters. The number of benzene rings is 1. The van der Waals surface area contributed by atoms with Crippen molar-refractivity contribution in [1.29, 1.82) is 0 Å². The molecular formula is C13H14O3.